The van der Waals surface area contributed by atoms with E-state index in [1.807, 2.05) is 6.92 Å². The van der Waals surface area contributed by atoms with E-state index in [1.54, 1.807) is 32.1 Å². The van der Waals surface area contributed by atoms with Crippen molar-refractivity contribution in [3.05, 3.63) is 89.3 Å². The lowest BCUT2D eigenvalue weighted by Crippen LogP contribution is -2.39. The number of aromatic nitrogens is 1. The lowest BCUT2D eigenvalue weighted by Gasteiger charge is -2.24. The molecule has 1 aromatic heterocycles. The fourth-order valence-corrected chi connectivity index (χ4v) is 5.41. The number of rotatable bonds is 8. The van der Waals surface area contributed by atoms with E-state index in [9.17, 15) is 14.0 Å². The maximum Gasteiger partial charge on any atom is 0.338 e. The number of fused-ring (bicyclic) bond motifs is 1. The maximum absolute atomic E-state index is 13.7. The minimum atomic E-state index is -0.838. The molecule has 0 radical (unpaired) electrons. The number of hydrogen-bond acceptors (Lipinski definition) is 7. The van der Waals surface area contributed by atoms with E-state index in [4.69, 9.17) is 32.2 Å². The van der Waals surface area contributed by atoms with Gasteiger partial charge >= 0.3 is 5.97 Å². The minimum absolute atomic E-state index is 0.0171. The average molecular weight is 555 g/mol. The van der Waals surface area contributed by atoms with Crippen LogP contribution in [0.15, 0.2) is 57.5 Å². The molecule has 0 saturated heterocycles. The fourth-order valence-electron chi connectivity index (χ4n) is 4.09. The molecular formula is C28H24ClFN2O5S. The Morgan fingerprint density at radius 3 is 2.63 bits per heavy atom. The van der Waals surface area contributed by atoms with E-state index in [0.29, 0.717) is 44.3 Å². The highest BCUT2D eigenvalue weighted by atomic mass is 35.5. The zero-order valence-corrected chi connectivity index (χ0v) is 22.5. The molecular weight excluding hydrogens is 531 g/mol. The van der Waals surface area contributed by atoms with Crippen molar-refractivity contribution < 1.29 is 23.4 Å². The first kappa shape index (κ1) is 27.2. The number of carbonyl (C=O) groups excluding carboxylic acids is 1. The summed E-state index contributed by atoms with van der Waals surface area (Å²) < 4.78 is 32.0. The third kappa shape index (κ3) is 5.37. The van der Waals surface area contributed by atoms with Crippen LogP contribution < -0.4 is 24.4 Å². The van der Waals surface area contributed by atoms with Crippen molar-refractivity contribution in [2.75, 3.05) is 19.8 Å². The molecule has 0 spiro atoms. The number of halogens is 2. The molecule has 7 nitrogen and oxygen atoms in total. The van der Waals surface area contributed by atoms with Gasteiger partial charge in [0.05, 0.1) is 40.1 Å². The number of allylic oxidation sites excluding steroid dienone is 1. The van der Waals surface area contributed by atoms with Crippen LogP contribution in [0, 0.1) is 18.2 Å². The highest BCUT2D eigenvalue weighted by molar-refractivity contribution is 7.07. The van der Waals surface area contributed by atoms with Crippen LogP contribution >= 0.6 is 22.9 Å². The Morgan fingerprint density at radius 2 is 1.97 bits per heavy atom. The Balaban J connectivity index is 1.90. The van der Waals surface area contributed by atoms with Crippen LogP contribution in [-0.2, 0) is 9.53 Å². The molecule has 0 fully saturated rings. The topological polar surface area (TPSA) is 79.1 Å². The van der Waals surface area contributed by atoms with Gasteiger partial charge in [0.1, 0.15) is 12.4 Å². The number of carbonyl (C=O) groups is 1. The van der Waals surface area contributed by atoms with Gasteiger partial charge in [0.15, 0.2) is 16.3 Å². The zero-order chi connectivity index (χ0) is 27.4. The van der Waals surface area contributed by atoms with E-state index in [2.05, 4.69) is 10.9 Å². The lowest BCUT2D eigenvalue weighted by molar-refractivity contribution is -0.139. The summed E-state index contributed by atoms with van der Waals surface area (Å²) in [5, 5.41) is 0.273. The first-order valence-electron chi connectivity index (χ1n) is 11.8. The Labute approximate surface area is 227 Å². The molecule has 38 heavy (non-hydrogen) atoms. The van der Waals surface area contributed by atoms with Gasteiger partial charge in [-0.1, -0.05) is 41.0 Å². The Hall–Kier alpha value is -3.87. The number of hydrogen-bond donors (Lipinski definition) is 0. The van der Waals surface area contributed by atoms with Gasteiger partial charge in [-0.3, -0.25) is 9.36 Å². The number of esters is 1. The second-order valence-electron chi connectivity index (χ2n) is 8.11. The summed E-state index contributed by atoms with van der Waals surface area (Å²) in [6.07, 6.45) is 6.96. The van der Waals surface area contributed by atoms with Gasteiger partial charge in [-0.05, 0) is 62.2 Å². The summed E-state index contributed by atoms with van der Waals surface area (Å²) in [6, 6.07) is 8.15. The predicted octanol–water partition coefficient (Wildman–Crippen LogP) is 4.00. The van der Waals surface area contributed by atoms with E-state index < -0.39 is 17.8 Å². The molecule has 4 rings (SSSR count). The number of thiazole rings is 1. The quantitative estimate of drug-likeness (QED) is 0.311. The van der Waals surface area contributed by atoms with E-state index >= 15 is 0 Å². The maximum atomic E-state index is 13.7. The second-order valence-corrected chi connectivity index (χ2v) is 9.53. The molecule has 0 amide bonds. The van der Waals surface area contributed by atoms with Crippen LogP contribution in [0.1, 0.15) is 37.9 Å². The van der Waals surface area contributed by atoms with Crippen LogP contribution in [0.5, 0.6) is 11.5 Å². The number of benzene rings is 2. The molecule has 0 N–H and O–H groups in total. The summed E-state index contributed by atoms with van der Waals surface area (Å²) >= 11 is 7.61. The molecule has 3 aromatic rings. The van der Waals surface area contributed by atoms with E-state index in [-0.39, 0.29) is 29.4 Å². The van der Waals surface area contributed by atoms with Crippen LogP contribution in [0.25, 0.3) is 6.08 Å². The second kappa shape index (κ2) is 11.7. The summed E-state index contributed by atoms with van der Waals surface area (Å²) in [5.41, 5.74) is 1.40. The highest BCUT2D eigenvalue weighted by Crippen LogP contribution is 2.37. The highest BCUT2D eigenvalue weighted by Gasteiger charge is 2.33. The minimum Gasteiger partial charge on any atom is -0.490 e. The molecule has 1 unspecified atom stereocenters. The summed E-state index contributed by atoms with van der Waals surface area (Å²) in [5.74, 6) is 2.07. The Bertz CT molecular complexity index is 1630. The van der Waals surface area contributed by atoms with Crippen molar-refractivity contribution in [3.8, 4) is 23.8 Å². The van der Waals surface area contributed by atoms with Crippen LogP contribution in [0.4, 0.5) is 4.39 Å². The molecule has 10 heteroatoms. The SMILES string of the molecule is C#CCOc1c(Cl)cc(/C=c2\sc3n(c2=O)C(c2ccc(F)cc2)C(C(=O)OCC)=C(C)N=3)cc1OCC. The summed E-state index contributed by atoms with van der Waals surface area (Å²) in [6.45, 7) is 5.73. The molecule has 1 atom stereocenters. The van der Waals surface area contributed by atoms with Crippen molar-refractivity contribution in [1.82, 2.24) is 4.57 Å². The summed E-state index contributed by atoms with van der Waals surface area (Å²) in [7, 11) is 0. The van der Waals surface area contributed by atoms with Gasteiger partial charge < -0.3 is 14.2 Å². The van der Waals surface area contributed by atoms with Gasteiger partial charge in [0, 0.05) is 0 Å². The molecule has 0 aliphatic carbocycles. The van der Waals surface area contributed by atoms with Gasteiger partial charge in [-0.15, -0.1) is 6.42 Å². The normalized spacial score (nSPS) is 14.9. The van der Waals surface area contributed by atoms with Crippen molar-refractivity contribution in [2.24, 2.45) is 4.99 Å². The van der Waals surface area contributed by atoms with Crippen molar-refractivity contribution in [2.45, 2.75) is 26.8 Å². The molecule has 196 valence electrons. The fraction of sp³-hybridized carbons (Fsp3) is 0.250. The predicted molar refractivity (Wildman–Crippen MR) is 144 cm³/mol. The largest absolute Gasteiger partial charge is 0.490 e. The molecule has 0 bridgehead atoms. The van der Waals surface area contributed by atoms with Crippen molar-refractivity contribution in [3.63, 3.8) is 0 Å². The molecule has 2 aromatic carbocycles. The van der Waals surface area contributed by atoms with Crippen molar-refractivity contribution in [1.29, 1.82) is 0 Å². The summed E-state index contributed by atoms with van der Waals surface area (Å²) in [4.78, 5) is 31.6. The van der Waals surface area contributed by atoms with Crippen LogP contribution in [0.3, 0.4) is 0 Å². The third-order valence-electron chi connectivity index (χ3n) is 5.63. The smallest absolute Gasteiger partial charge is 0.338 e. The average Bonchev–Trinajstić information content (AvgIpc) is 3.17. The number of nitrogens with zero attached hydrogens (tertiary/aromatic N) is 2. The zero-order valence-electron chi connectivity index (χ0n) is 20.9. The van der Waals surface area contributed by atoms with Gasteiger partial charge in [0.2, 0.25) is 0 Å². The number of ether oxygens (including phenoxy) is 3. The van der Waals surface area contributed by atoms with Crippen LogP contribution in [-0.4, -0.2) is 30.4 Å². The molecule has 0 saturated carbocycles. The monoisotopic (exact) mass is 554 g/mol. The molecule has 2 heterocycles. The lowest BCUT2D eigenvalue weighted by atomic mass is 9.96. The van der Waals surface area contributed by atoms with Crippen molar-refractivity contribution >= 4 is 35.0 Å². The number of terminal acetylenes is 1. The first-order chi connectivity index (χ1) is 18.3. The Morgan fingerprint density at radius 1 is 1.24 bits per heavy atom. The third-order valence-corrected chi connectivity index (χ3v) is 6.90. The van der Waals surface area contributed by atoms with Gasteiger partial charge in [0.25, 0.3) is 5.56 Å². The van der Waals surface area contributed by atoms with Gasteiger partial charge in [-0.25, -0.2) is 14.2 Å². The van der Waals surface area contributed by atoms with E-state index in [1.165, 1.54) is 28.8 Å². The Kier molecular flexibility index (Phi) is 8.35. The van der Waals surface area contributed by atoms with E-state index in [0.717, 1.165) is 11.3 Å². The molecule has 1 aliphatic heterocycles. The standard InChI is InChI=1S/C28H24ClFN2O5S/c1-5-12-37-25-20(29)13-17(14-21(25)35-6-2)15-22-26(33)32-24(18-8-10-19(30)11-9-18)23(27(34)36-7-3)16(4)31-28(32)38-22/h1,8-11,13-15,24H,6-7,12H2,2-4H3/b22-15-. The molecule has 1 aliphatic rings. The first-order valence-corrected chi connectivity index (χ1v) is 13.0. The van der Waals surface area contributed by atoms with Gasteiger partial charge in [-0.2, -0.15) is 0 Å². The van der Waals surface area contributed by atoms with Crippen LogP contribution in [0.2, 0.25) is 5.02 Å².